The second-order valence-corrected chi connectivity index (χ2v) is 11.2. The molecule has 2 heterocycles. The van der Waals surface area contributed by atoms with E-state index in [0.29, 0.717) is 38.3 Å². The number of carbonyl (C=O) groups is 1. The van der Waals surface area contributed by atoms with Gasteiger partial charge in [-0.3, -0.25) is 9.69 Å². The lowest BCUT2D eigenvalue weighted by molar-refractivity contribution is 0.0628. The molecule has 0 radical (unpaired) electrons. The van der Waals surface area contributed by atoms with Crippen molar-refractivity contribution in [1.29, 1.82) is 0 Å². The Morgan fingerprint density at radius 2 is 1.63 bits per heavy atom. The maximum atomic E-state index is 13.2. The predicted molar refractivity (Wildman–Crippen MR) is 135 cm³/mol. The maximum Gasteiger partial charge on any atom is 0.253 e. The predicted octanol–water partition coefficient (Wildman–Crippen LogP) is 3.94. The van der Waals surface area contributed by atoms with E-state index in [4.69, 9.17) is 0 Å². The molecule has 0 spiro atoms. The van der Waals surface area contributed by atoms with Crippen molar-refractivity contribution in [2.75, 3.05) is 39.3 Å². The molecule has 1 amide bonds. The van der Waals surface area contributed by atoms with E-state index in [9.17, 15) is 17.6 Å². The summed E-state index contributed by atoms with van der Waals surface area (Å²) in [5, 5.41) is 2.96. The summed E-state index contributed by atoms with van der Waals surface area (Å²) in [5.74, 6) is -0.360. The van der Waals surface area contributed by atoms with Gasteiger partial charge in [-0.15, -0.1) is 11.3 Å². The molecule has 0 atom stereocenters. The van der Waals surface area contributed by atoms with Crippen LogP contribution in [0.1, 0.15) is 29.2 Å². The lowest BCUT2D eigenvalue weighted by atomic mass is 10.2. The van der Waals surface area contributed by atoms with Gasteiger partial charge in [0, 0.05) is 55.8 Å². The summed E-state index contributed by atoms with van der Waals surface area (Å²) >= 11 is 1.57. The van der Waals surface area contributed by atoms with Crippen molar-refractivity contribution >= 4 is 27.3 Å². The van der Waals surface area contributed by atoms with Gasteiger partial charge in [0.1, 0.15) is 10.8 Å². The van der Waals surface area contributed by atoms with E-state index in [2.05, 4.69) is 9.88 Å². The Morgan fingerprint density at radius 3 is 2.23 bits per heavy atom. The van der Waals surface area contributed by atoms with Gasteiger partial charge in [0.15, 0.2) is 0 Å². The van der Waals surface area contributed by atoms with Gasteiger partial charge in [0.25, 0.3) is 5.91 Å². The highest BCUT2D eigenvalue weighted by atomic mass is 32.2. The van der Waals surface area contributed by atoms with Crippen LogP contribution in [-0.4, -0.2) is 72.7 Å². The van der Waals surface area contributed by atoms with Crippen molar-refractivity contribution in [2.45, 2.75) is 25.3 Å². The Bertz CT molecular complexity index is 1250. The van der Waals surface area contributed by atoms with Crippen LogP contribution >= 0.6 is 11.3 Å². The molecule has 0 unspecified atom stereocenters. The van der Waals surface area contributed by atoms with Gasteiger partial charge in [-0.1, -0.05) is 13.8 Å². The first-order valence-corrected chi connectivity index (χ1v) is 14.0. The van der Waals surface area contributed by atoms with Crippen LogP contribution in [0.3, 0.4) is 0 Å². The van der Waals surface area contributed by atoms with E-state index in [0.717, 1.165) is 29.4 Å². The fourth-order valence-corrected chi connectivity index (χ4v) is 6.40. The highest BCUT2D eigenvalue weighted by Crippen LogP contribution is 2.24. The molecule has 1 aliphatic heterocycles. The minimum absolute atomic E-state index is 0.0933. The summed E-state index contributed by atoms with van der Waals surface area (Å²) < 4.78 is 39.9. The zero-order chi connectivity index (χ0) is 25.0. The van der Waals surface area contributed by atoms with Gasteiger partial charge in [0.2, 0.25) is 10.0 Å². The molecular weight excluding hydrogens is 487 g/mol. The number of benzene rings is 2. The molecule has 7 nitrogen and oxygen atoms in total. The maximum absolute atomic E-state index is 13.2. The molecule has 1 saturated heterocycles. The van der Waals surface area contributed by atoms with Gasteiger partial charge < -0.3 is 4.90 Å². The zero-order valence-electron chi connectivity index (χ0n) is 19.9. The fourth-order valence-electron chi connectivity index (χ4n) is 4.10. The minimum atomic E-state index is -3.54. The molecule has 0 saturated carbocycles. The summed E-state index contributed by atoms with van der Waals surface area (Å²) in [6.07, 6.45) is 0. The quantitative estimate of drug-likeness (QED) is 0.454. The largest absolute Gasteiger partial charge is 0.336 e. The third kappa shape index (κ3) is 5.78. The number of carbonyl (C=O) groups excluding carboxylic acids is 1. The molecule has 1 aromatic heterocycles. The molecule has 1 aliphatic rings. The SMILES string of the molecule is CCN(CC)S(=O)(=O)c1ccc(C(=O)N2CCN(Cc3nc(-c4ccc(F)cc4)cs3)CC2)cc1. The van der Waals surface area contributed by atoms with Crippen molar-refractivity contribution in [3.8, 4) is 11.3 Å². The van der Waals surface area contributed by atoms with Crippen molar-refractivity contribution in [1.82, 2.24) is 19.1 Å². The first-order valence-electron chi connectivity index (χ1n) is 11.6. The third-order valence-corrected chi connectivity index (χ3v) is 9.05. The Labute approximate surface area is 209 Å². The number of hydrogen-bond acceptors (Lipinski definition) is 6. The molecule has 4 rings (SSSR count). The minimum Gasteiger partial charge on any atom is -0.336 e. The van der Waals surface area contributed by atoms with Gasteiger partial charge in [-0.2, -0.15) is 4.31 Å². The first kappa shape index (κ1) is 25.4. The zero-order valence-corrected chi connectivity index (χ0v) is 21.5. The van der Waals surface area contributed by atoms with Gasteiger partial charge in [-0.05, 0) is 48.5 Å². The summed E-state index contributed by atoms with van der Waals surface area (Å²) in [5.41, 5.74) is 2.21. The lowest BCUT2D eigenvalue weighted by Gasteiger charge is -2.34. The number of sulfonamides is 1. The molecule has 186 valence electrons. The van der Waals surface area contributed by atoms with Gasteiger partial charge >= 0.3 is 0 Å². The van der Waals surface area contributed by atoms with Crippen LogP contribution in [0.4, 0.5) is 4.39 Å². The van der Waals surface area contributed by atoms with E-state index in [-0.39, 0.29) is 16.6 Å². The molecule has 1 fully saturated rings. The molecule has 0 aliphatic carbocycles. The highest BCUT2D eigenvalue weighted by molar-refractivity contribution is 7.89. The Hall–Kier alpha value is -2.66. The Balaban J connectivity index is 1.32. The number of hydrogen-bond donors (Lipinski definition) is 0. The Kier molecular flexibility index (Phi) is 7.95. The topological polar surface area (TPSA) is 73.8 Å². The molecular formula is C25H29FN4O3S2. The normalized spacial score (nSPS) is 15.0. The van der Waals surface area contributed by atoms with Crippen molar-refractivity contribution in [3.05, 3.63) is 70.3 Å². The highest BCUT2D eigenvalue weighted by Gasteiger charge is 2.25. The second-order valence-electron chi connectivity index (χ2n) is 8.32. The Morgan fingerprint density at radius 1 is 1.00 bits per heavy atom. The molecule has 2 aromatic carbocycles. The van der Waals surface area contributed by atoms with Gasteiger partial charge in [0.05, 0.1) is 17.1 Å². The average molecular weight is 517 g/mol. The number of aromatic nitrogens is 1. The van der Waals surface area contributed by atoms with Crippen molar-refractivity contribution in [2.24, 2.45) is 0 Å². The lowest BCUT2D eigenvalue weighted by Crippen LogP contribution is -2.48. The number of halogens is 1. The number of amides is 1. The van der Waals surface area contributed by atoms with Crippen LogP contribution in [0.5, 0.6) is 0 Å². The first-order chi connectivity index (χ1) is 16.8. The van der Waals surface area contributed by atoms with E-state index in [1.165, 1.54) is 28.6 Å². The molecule has 0 bridgehead atoms. The van der Waals surface area contributed by atoms with Gasteiger partial charge in [-0.25, -0.2) is 17.8 Å². The molecule has 10 heteroatoms. The molecule has 3 aromatic rings. The average Bonchev–Trinajstić information content (AvgIpc) is 3.33. The summed E-state index contributed by atoms with van der Waals surface area (Å²) in [6.45, 7) is 7.75. The van der Waals surface area contributed by atoms with Crippen LogP contribution in [0.2, 0.25) is 0 Å². The monoisotopic (exact) mass is 516 g/mol. The summed E-state index contributed by atoms with van der Waals surface area (Å²) in [4.78, 5) is 21.9. The van der Waals surface area contributed by atoms with E-state index in [1.54, 1.807) is 54.3 Å². The number of rotatable bonds is 8. The van der Waals surface area contributed by atoms with E-state index >= 15 is 0 Å². The summed E-state index contributed by atoms with van der Waals surface area (Å²) in [6, 6.07) is 12.5. The third-order valence-electron chi connectivity index (χ3n) is 6.15. The van der Waals surface area contributed by atoms with Crippen LogP contribution in [-0.2, 0) is 16.6 Å². The van der Waals surface area contributed by atoms with Crippen LogP contribution in [0, 0.1) is 5.82 Å². The number of piperazine rings is 1. The number of nitrogens with zero attached hydrogens (tertiary/aromatic N) is 4. The van der Waals surface area contributed by atoms with Crippen molar-refractivity contribution in [3.63, 3.8) is 0 Å². The summed E-state index contributed by atoms with van der Waals surface area (Å²) in [7, 11) is -3.54. The van der Waals surface area contributed by atoms with E-state index in [1.807, 2.05) is 5.38 Å². The van der Waals surface area contributed by atoms with Crippen LogP contribution < -0.4 is 0 Å². The standard InChI is InChI=1S/C25H29FN4O3S2/c1-3-30(4-2)35(32,33)22-11-7-20(8-12-22)25(31)29-15-13-28(14-16-29)17-24-27-23(18-34-24)19-5-9-21(26)10-6-19/h5-12,18H,3-4,13-17H2,1-2H3. The van der Waals surface area contributed by atoms with Crippen LogP contribution in [0.15, 0.2) is 58.8 Å². The van der Waals surface area contributed by atoms with Crippen LogP contribution in [0.25, 0.3) is 11.3 Å². The number of thiazole rings is 1. The molecule has 0 N–H and O–H groups in total. The smallest absolute Gasteiger partial charge is 0.253 e. The van der Waals surface area contributed by atoms with E-state index < -0.39 is 10.0 Å². The molecule has 35 heavy (non-hydrogen) atoms. The van der Waals surface area contributed by atoms with Crippen molar-refractivity contribution < 1.29 is 17.6 Å². The second kappa shape index (κ2) is 10.9. The fraction of sp³-hybridized carbons (Fsp3) is 0.360.